The summed E-state index contributed by atoms with van der Waals surface area (Å²) in [5.41, 5.74) is 11.1. The highest BCUT2D eigenvalue weighted by Gasteiger charge is 2.41. The zero-order valence-electron chi connectivity index (χ0n) is 34.9. The van der Waals surface area contributed by atoms with Crippen LogP contribution < -0.4 is 20.7 Å². The number of benzene rings is 10. The van der Waals surface area contributed by atoms with Crippen molar-refractivity contribution in [2.75, 3.05) is 0 Å². The van der Waals surface area contributed by atoms with Gasteiger partial charge in [-0.15, -0.1) is 0 Å². The van der Waals surface area contributed by atoms with Gasteiger partial charge < -0.3 is 13.6 Å². The van der Waals surface area contributed by atoms with Crippen LogP contribution in [0.4, 0.5) is 0 Å². The first-order valence-corrected chi connectivity index (χ1v) is 24.0. The minimum absolute atomic E-state index is 0.900. The third kappa shape index (κ3) is 5.33. The topological polar surface area (TPSA) is 23.0 Å². The largest absolute Gasteiger partial charge is 0.456 e. The molecule has 0 saturated carbocycles. The maximum Gasteiger partial charge on any atom is 0.179 e. The van der Waals surface area contributed by atoms with Gasteiger partial charge in [0, 0.05) is 38.0 Å². The van der Waals surface area contributed by atoms with Crippen LogP contribution in [-0.4, -0.2) is 17.2 Å². The van der Waals surface area contributed by atoms with Gasteiger partial charge in [0.15, 0.2) is 8.07 Å². The average molecular weight is 833 g/mol. The molecule has 13 rings (SSSR count). The minimum Gasteiger partial charge on any atom is -0.456 e. The molecule has 0 aliphatic rings. The van der Waals surface area contributed by atoms with Gasteiger partial charge in [0.25, 0.3) is 0 Å². The van der Waals surface area contributed by atoms with Crippen molar-refractivity contribution < 1.29 is 4.42 Å². The van der Waals surface area contributed by atoms with Crippen molar-refractivity contribution in [3.63, 3.8) is 0 Å². The first-order valence-electron chi connectivity index (χ1n) is 22.0. The van der Waals surface area contributed by atoms with Crippen LogP contribution in [0.3, 0.4) is 0 Å². The Balaban J connectivity index is 1.05. The van der Waals surface area contributed by atoms with E-state index in [0.29, 0.717) is 0 Å². The maximum atomic E-state index is 6.40. The lowest BCUT2D eigenvalue weighted by Gasteiger charge is -2.34. The summed E-state index contributed by atoms with van der Waals surface area (Å²) < 4.78 is 11.4. The number of furan rings is 1. The van der Waals surface area contributed by atoms with Crippen LogP contribution in [0, 0.1) is 0 Å². The highest BCUT2D eigenvalue weighted by molar-refractivity contribution is 7.19. The van der Waals surface area contributed by atoms with Crippen molar-refractivity contribution in [1.82, 2.24) is 9.13 Å². The predicted molar refractivity (Wildman–Crippen MR) is 271 cm³/mol. The summed E-state index contributed by atoms with van der Waals surface area (Å²) in [5.74, 6) is 0. The van der Waals surface area contributed by atoms with E-state index in [9.17, 15) is 0 Å². The molecule has 300 valence electrons. The van der Waals surface area contributed by atoms with Gasteiger partial charge in [-0.1, -0.05) is 182 Å². The Hall–Kier alpha value is -8.18. The lowest BCUT2D eigenvalue weighted by atomic mass is 9.98. The summed E-state index contributed by atoms with van der Waals surface area (Å²) in [6.45, 7) is 0. The molecule has 64 heavy (non-hydrogen) atoms. The van der Waals surface area contributed by atoms with Gasteiger partial charge in [0.05, 0.1) is 27.8 Å². The van der Waals surface area contributed by atoms with E-state index in [2.05, 4.69) is 240 Å². The Bertz CT molecular complexity index is 3800. The number of hydrogen-bond donors (Lipinski definition) is 0. The van der Waals surface area contributed by atoms with Crippen LogP contribution in [0.25, 0.3) is 88.1 Å². The van der Waals surface area contributed by atoms with E-state index < -0.39 is 8.07 Å². The first kappa shape index (κ1) is 36.5. The van der Waals surface area contributed by atoms with Gasteiger partial charge in [-0.3, -0.25) is 0 Å². The van der Waals surface area contributed by atoms with E-state index in [-0.39, 0.29) is 0 Å². The number of hydrogen-bond acceptors (Lipinski definition) is 1. The van der Waals surface area contributed by atoms with Gasteiger partial charge >= 0.3 is 0 Å². The predicted octanol–water partition coefficient (Wildman–Crippen LogP) is 12.8. The van der Waals surface area contributed by atoms with E-state index in [1.54, 1.807) is 0 Å². The smallest absolute Gasteiger partial charge is 0.179 e. The van der Waals surface area contributed by atoms with Crippen molar-refractivity contribution in [3.8, 4) is 22.5 Å². The molecule has 0 N–H and O–H groups in total. The van der Waals surface area contributed by atoms with Crippen LogP contribution in [-0.2, 0) is 0 Å². The molecule has 13 aromatic rings. The maximum absolute atomic E-state index is 6.40. The fourth-order valence-corrected chi connectivity index (χ4v) is 15.6. The van der Waals surface area contributed by atoms with Crippen molar-refractivity contribution in [1.29, 1.82) is 0 Å². The zero-order chi connectivity index (χ0) is 42.2. The summed E-state index contributed by atoms with van der Waals surface area (Å²) in [6, 6.07) is 89.2. The molecule has 0 saturated heterocycles. The molecule has 3 aromatic heterocycles. The quantitative estimate of drug-likeness (QED) is 0.116. The highest BCUT2D eigenvalue weighted by atomic mass is 28.3. The Morgan fingerprint density at radius 1 is 0.312 bits per heavy atom. The van der Waals surface area contributed by atoms with E-state index in [0.717, 1.165) is 38.9 Å². The zero-order valence-corrected chi connectivity index (χ0v) is 35.9. The Labute approximate surface area is 371 Å². The number of nitrogens with zero attached hydrogens (tertiary/aromatic N) is 2. The number of aromatic nitrogens is 2. The molecule has 4 heteroatoms. The molecule has 10 aromatic carbocycles. The molecule has 0 bridgehead atoms. The second-order valence-corrected chi connectivity index (χ2v) is 20.6. The van der Waals surface area contributed by atoms with E-state index >= 15 is 0 Å². The van der Waals surface area contributed by atoms with E-state index in [1.165, 1.54) is 69.9 Å². The molecule has 0 amide bonds. The molecule has 0 fully saturated rings. The van der Waals surface area contributed by atoms with Gasteiger partial charge in [0.2, 0.25) is 0 Å². The second kappa shape index (κ2) is 14.5. The molecule has 3 heterocycles. The van der Waals surface area contributed by atoms with E-state index in [4.69, 9.17) is 4.42 Å². The molecule has 0 aliphatic carbocycles. The minimum atomic E-state index is -2.78. The number of rotatable bonds is 7. The van der Waals surface area contributed by atoms with Gasteiger partial charge in [-0.05, 0) is 92.5 Å². The van der Waals surface area contributed by atoms with Crippen LogP contribution in [0.15, 0.2) is 247 Å². The van der Waals surface area contributed by atoms with E-state index in [1.807, 2.05) is 12.1 Å². The van der Waals surface area contributed by atoms with Gasteiger partial charge in [-0.2, -0.15) is 0 Å². The number of para-hydroxylation sites is 3. The van der Waals surface area contributed by atoms with Crippen LogP contribution in [0.1, 0.15) is 0 Å². The molecule has 3 nitrogen and oxygen atoms in total. The summed E-state index contributed by atoms with van der Waals surface area (Å²) in [5, 5.41) is 12.6. The fraction of sp³-hybridized carbons (Fsp3) is 0. The average Bonchev–Trinajstić information content (AvgIpc) is 4.03. The van der Waals surface area contributed by atoms with Crippen LogP contribution in [0.5, 0.6) is 0 Å². The van der Waals surface area contributed by atoms with Crippen molar-refractivity contribution in [2.45, 2.75) is 0 Å². The normalized spacial score (nSPS) is 12.1. The van der Waals surface area contributed by atoms with Gasteiger partial charge in [-0.25, -0.2) is 0 Å². The van der Waals surface area contributed by atoms with Crippen molar-refractivity contribution in [2.24, 2.45) is 0 Å². The first-order chi connectivity index (χ1) is 31.8. The summed E-state index contributed by atoms with van der Waals surface area (Å²) in [7, 11) is -2.78. The molecule has 0 atom stereocenters. The monoisotopic (exact) mass is 832 g/mol. The molecular weight excluding hydrogens is 793 g/mol. The molecule has 0 unspecified atom stereocenters. The molecule has 0 radical (unpaired) electrons. The third-order valence-electron chi connectivity index (χ3n) is 13.5. The van der Waals surface area contributed by atoms with Gasteiger partial charge in [0.1, 0.15) is 11.2 Å². The molecule has 0 spiro atoms. The lowest BCUT2D eigenvalue weighted by molar-refractivity contribution is 0.669. The van der Waals surface area contributed by atoms with Crippen LogP contribution >= 0.6 is 0 Å². The molecule has 0 aliphatic heterocycles. The summed E-state index contributed by atoms with van der Waals surface area (Å²) in [4.78, 5) is 0. The Morgan fingerprint density at radius 3 is 1.50 bits per heavy atom. The summed E-state index contributed by atoms with van der Waals surface area (Å²) in [6.07, 6.45) is 0. The Morgan fingerprint density at radius 2 is 0.812 bits per heavy atom. The highest BCUT2D eigenvalue weighted by Crippen LogP contribution is 2.43. The SMILES string of the molecule is c1ccc([Si](c2ccccc2)(c2ccccc2)c2cccc(-n3c4ccccc4c4c(-n5c6ccccc6c6c(-c7ccc8c(c7)oc7ccccc78)cccc65)cccc43)c2)cc1. The molecular formula is C60H40N2OSi. The second-order valence-electron chi connectivity index (χ2n) is 16.8. The standard InChI is InChI=1S/C60H40N2OSi/c1-4-20-43(21-5-1)64(44-22-6-2-7-23-44,45-24-8-3-9-25-45)46-26-16-19-42(40-46)61-52-31-13-11-29-51(52)60-55(61)34-18-35-56(60)62-53-32-14-10-28-50(53)59-47(30-17-33-54(59)62)41-37-38-49-48-27-12-15-36-57(48)63-58(49)39-41/h1-40H. The third-order valence-corrected chi connectivity index (χ3v) is 18.2. The lowest BCUT2D eigenvalue weighted by Crippen LogP contribution is -2.74. The summed E-state index contributed by atoms with van der Waals surface area (Å²) >= 11 is 0. The Kier molecular flexibility index (Phi) is 8.23. The van der Waals surface area contributed by atoms with Crippen LogP contribution in [0.2, 0.25) is 0 Å². The fourth-order valence-electron chi connectivity index (χ4n) is 10.8. The number of fused-ring (bicyclic) bond motifs is 9. The van der Waals surface area contributed by atoms with Crippen molar-refractivity contribution in [3.05, 3.63) is 243 Å². The van der Waals surface area contributed by atoms with Crippen molar-refractivity contribution >= 4 is 94.4 Å².